The van der Waals surface area contributed by atoms with Crippen molar-refractivity contribution in [3.63, 3.8) is 0 Å². The van der Waals surface area contributed by atoms with Crippen molar-refractivity contribution < 1.29 is 13.2 Å². The van der Waals surface area contributed by atoms with E-state index in [-0.39, 0.29) is 5.56 Å². The molecule has 78 heavy (non-hydrogen) atoms. The van der Waals surface area contributed by atoms with Gasteiger partial charge in [-0.2, -0.15) is 23.7 Å². The minimum absolute atomic E-state index is 0.117. The van der Waals surface area contributed by atoms with E-state index in [0.29, 0.717) is 27.8 Å². The minimum atomic E-state index is -4.65. The Morgan fingerprint density at radius 2 is 0.718 bits per heavy atom. The molecule has 15 aromatic rings. The molecule has 0 spiro atoms. The van der Waals surface area contributed by atoms with E-state index in [0.717, 1.165) is 122 Å². The third-order valence-corrected chi connectivity index (χ3v) is 15.7. The fraction of sp³-hybridized carbons (Fsp3) is 0.0145. The van der Waals surface area contributed by atoms with E-state index in [1.54, 1.807) is 0 Å². The second kappa shape index (κ2) is 17.0. The summed E-state index contributed by atoms with van der Waals surface area (Å²) in [4.78, 5) is 0. The Morgan fingerprint density at radius 1 is 0.308 bits per heavy atom. The Bertz CT molecular complexity index is 5020. The van der Waals surface area contributed by atoms with Crippen molar-refractivity contribution in [2.45, 2.75) is 6.18 Å². The molecule has 4 aromatic heterocycles. The maximum Gasteiger partial charge on any atom is 0.416 e. The first-order chi connectivity index (χ1) is 38.3. The molecule has 0 N–H and O–H groups in total. The van der Waals surface area contributed by atoms with Gasteiger partial charge in [0.15, 0.2) is 0 Å². The predicted molar refractivity (Wildman–Crippen MR) is 309 cm³/mol. The van der Waals surface area contributed by atoms with E-state index in [1.165, 1.54) is 6.07 Å². The monoisotopic (exact) mass is 1010 g/mol. The smallest absolute Gasteiger partial charge is 0.309 e. The molecule has 11 aromatic carbocycles. The molecule has 9 heteroatoms. The van der Waals surface area contributed by atoms with Gasteiger partial charge in [-0.15, -0.1) is 0 Å². The number of fused-ring (bicyclic) bond motifs is 12. The molecule has 6 nitrogen and oxygen atoms in total. The van der Waals surface area contributed by atoms with Crippen LogP contribution in [0.4, 0.5) is 13.2 Å². The van der Waals surface area contributed by atoms with Crippen molar-refractivity contribution in [3.05, 3.63) is 253 Å². The average Bonchev–Trinajstić information content (AvgIpc) is 4.36. The van der Waals surface area contributed by atoms with E-state index >= 15 is 0 Å². The van der Waals surface area contributed by atoms with Crippen LogP contribution in [0.5, 0.6) is 0 Å². The van der Waals surface area contributed by atoms with E-state index < -0.39 is 11.7 Å². The van der Waals surface area contributed by atoms with Crippen LogP contribution in [0, 0.1) is 22.7 Å². The fourth-order valence-corrected chi connectivity index (χ4v) is 12.4. The lowest BCUT2D eigenvalue weighted by Gasteiger charge is -2.21. The molecule has 0 saturated carbocycles. The van der Waals surface area contributed by atoms with Gasteiger partial charge in [-0.3, -0.25) is 0 Å². The van der Waals surface area contributed by atoms with Gasteiger partial charge < -0.3 is 18.3 Å². The lowest BCUT2D eigenvalue weighted by molar-refractivity contribution is -0.137. The summed E-state index contributed by atoms with van der Waals surface area (Å²) in [5.74, 6) is 0. The van der Waals surface area contributed by atoms with Crippen LogP contribution >= 0.6 is 0 Å². The van der Waals surface area contributed by atoms with Crippen LogP contribution in [0.15, 0.2) is 237 Å². The van der Waals surface area contributed by atoms with Crippen LogP contribution in [-0.4, -0.2) is 18.3 Å². The summed E-state index contributed by atoms with van der Waals surface area (Å²) in [5.41, 5.74) is 13.0. The summed E-state index contributed by atoms with van der Waals surface area (Å²) in [7, 11) is 0. The Morgan fingerprint density at radius 3 is 1.17 bits per heavy atom. The van der Waals surface area contributed by atoms with Gasteiger partial charge in [0.2, 0.25) is 0 Å². The summed E-state index contributed by atoms with van der Waals surface area (Å²) >= 11 is 0. The van der Waals surface area contributed by atoms with E-state index in [1.807, 2.05) is 60.7 Å². The molecular formula is C69H39F3N6. The van der Waals surface area contributed by atoms with E-state index in [9.17, 15) is 23.7 Å². The zero-order chi connectivity index (χ0) is 52.4. The lowest BCUT2D eigenvalue weighted by atomic mass is 9.91. The molecular weight excluding hydrogens is 970 g/mol. The van der Waals surface area contributed by atoms with Gasteiger partial charge in [0, 0.05) is 65.6 Å². The van der Waals surface area contributed by atoms with E-state index in [4.69, 9.17) is 0 Å². The number of hydrogen-bond donors (Lipinski definition) is 0. The topological polar surface area (TPSA) is 67.3 Å². The van der Waals surface area contributed by atoms with Gasteiger partial charge in [-0.1, -0.05) is 127 Å². The summed E-state index contributed by atoms with van der Waals surface area (Å²) in [5, 5.41) is 30.5. The Hall–Kier alpha value is -10.6. The van der Waals surface area contributed by atoms with Crippen molar-refractivity contribution in [2.24, 2.45) is 0 Å². The third-order valence-electron chi connectivity index (χ3n) is 15.7. The predicted octanol–water partition coefficient (Wildman–Crippen LogP) is 18.2. The van der Waals surface area contributed by atoms with Crippen molar-refractivity contribution in [1.82, 2.24) is 18.3 Å². The molecule has 0 aliphatic heterocycles. The molecule has 0 amide bonds. The number of aromatic nitrogens is 4. The van der Waals surface area contributed by atoms with Crippen molar-refractivity contribution in [3.8, 4) is 57.1 Å². The number of rotatable bonds is 6. The first kappa shape index (κ1) is 44.8. The number of hydrogen-bond acceptors (Lipinski definition) is 2. The Labute approximate surface area is 443 Å². The van der Waals surface area contributed by atoms with Crippen molar-refractivity contribution in [1.29, 1.82) is 10.5 Å². The normalized spacial score (nSPS) is 12.0. The molecule has 0 atom stereocenters. The summed E-state index contributed by atoms with van der Waals surface area (Å²) in [6.07, 6.45) is -4.65. The number of alkyl halides is 3. The molecule has 0 saturated heterocycles. The average molecular weight is 1010 g/mol. The van der Waals surface area contributed by atoms with Crippen molar-refractivity contribution in [2.75, 3.05) is 0 Å². The Balaban J connectivity index is 1.01. The zero-order valence-corrected chi connectivity index (χ0v) is 41.3. The number of nitriles is 2. The second-order valence-electron chi connectivity index (χ2n) is 19.8. The summed E-state index contributed by atoms with van der Waals surface area (Å²) in [6, 6.07) is 82.8. The van der Waals surface area contributed by atoms with Gasteiger partial charge in [-0.25, -0.2) is 0 Å². The van der Waals surface area contributed by atoms with Gasteiger partial charge in [0.05, 0.1) is 84.3 Å². The Kier molecular flexibility index (Phi) is 9.75. The first-order valence-corrected chi connectivity index (χ1v) is 25.6. The standard InChI is InChI=1S/C69H39F3N6/c70-69(71,72)45-29-32-48(44(36-45)41-74)42-28-33-66(77-62-25-11-5-19-53(62)55-38-46(30-34-64(55)77)75-58-21-7-1-15-49(58)50-16-2-8-22-59(50)75)57(37-42)68-43(40-73)14-13-27-67(68)78-63-26-12-6-20-54(63)56-39-47(31-35-65(56)78)76-60-23-9-3-17-51(60)52-18-4-10-24-61(52)76/h1-39H. The zero-order valence-electron chi connectivity index (χ0n) is 41.3. The maximum absolute atomic E-state index is 14.2. The highest BCUT2D eigenvalue weighted by Gasteiger charge is 2.32. The number of nitrogens with zero attached hydrogens (tertiary/aromatic N) is 6. The molecule has 0 aliphatic carbocycles. The third kappa shape index (κ3) is 6.55. The fourth-order valence-electron chi connectivity index (χ4n) is 12.4. The van der Waals surface area contributed by atoms with Crippen molar-refractivity contribution >= 4 is 87.2 Å². The molecule has 4 heterocycles. The lowest BCUT2D eigenvalue weighted by Crippen LogP contribution is -2.06. The largest absolute Gasteiger partial charge is 0.416 e. The molecule has 0 radical (unpaired) electrons. The van der Waals surface area contributed by atoms with Gasteiger partial charge >= 0.3 is 6.18 Å². The maximum atomic E-state index is 14.2. The van der Waals surface area contributed by atoms with Crippen LogP contribution < -0.4 is 0 Å². The number of halogens is 3. The highest BCUT2D eigenvalue weighted by atomic mass is 19.4. The highest BCUT2D eigenvalue weighted by Crippen LogP contribution is 2.46. The number of para-hydroxylation sites is 6. The van der Waals surface area contributed by atoms with Crippen LogP contribution in [0.2, 0.25) is 0 Å². The van der Waals surface area contributed by atoms with E-state index in [2.05, 4.69) is 188 Å². The van der Waals surface area contributed by atoms with Gasteiger partial charge in [0.1, 0.15) is 0 Å². The molecule has 0 bridgehead atoms. The molecule has 0 fully saturated rings. The summed E-state index contributed by atoms with van der Waals surface area (Å²) in [6.45, 7) is 0. The van der Waals surface area contributed by atoms with Crippen LogP contribution in [0.25, 0.3) is 132 Å². The SMILES string of the molecule is N#Cc1cc(C(F)(F)F)ccc1-c1ccc(-n2c3ccccc3c3cc(-n4c5ccccc5c5ccccc54)ccc32)c(-c2c(C#N)cccc2-n2c3ccccc3c3cc(-n4c5ccccc5c5ccccc54)ccc32)c1. The molecule has 0 unspecified atom stereocenters. The molecule has 0 aliphatic rings. The van der Waals surface area contributed by atoms with Gasteiger partial charge in [-0.05, 0) is 120 Å². The van der Waals surface area contributed by atoms with Gasteiger partial charge in [0.25, 0.3) is 0 Å². The summed E-state index contributed by atoms with van der Waals surface area (Å²) < 4.78 is 51.6. The van der Waals surface area contributed by atoms with Crippen LogP contribution in [-0.2, 0) is 6.18 Å². The molecule has 366 valence electrons. The first-order valence-electron chi connectivity index (χ1n) is 25.6. The quantitative estimate of drug-likeness (QED) is 0.167. The van der Waals surface area contributed by atoms with Crippen LogP contribution in [0.3, 0.4) is 0 Å². The van der Waals surface area contributed by atoms with Crippen LogP contribution in [0.1, 0.15) is 16.7 Å². The highest BCUT2D eigenvalue weighted by molar-refractivity contribution is 6.15. The number of benzene rings is 11. The molecule has 15 rings (SSSR count). The second-order valence-corrected chi connectivity index (χ2v) is 19.8. The minimum Gasteiger partial charge on any atom is -0.309 e.